The molecular weight excluding hydrogens is 447 g/mol. The quantitative estimate of drug-likeness (QED) is 0.505. The van der Waals surface area contributed by atoms with E-state index in [0.717, 1.165) is 31.6 Å². The number of aromatic nitrogens is 2. The van der Waals surface area contributed by atoms with Crippen molar-refractivity contribution in [3.63, 3.8) is 0 Å². The largest absolute Gasteiger partial charge is 0.493 e. The highest BCUT2D eigenvalue weighted by Gasteiger charge is 2.24. The molecule has 0 amide bonds. The van der Waals surface area contributed by atoms with Gasteiger partial charge in [-0.2, -0.15) is 0 Å². The van der Waals surface area contributed by atoms with Gasteiger partial charge in [-0.1, -0.05) is 18.2 Å². The van der Waals surface area contributed by atoms with Crippen LogP contribution in [-0.4, -0.2) is 52.4 Å². The summed E-state index contributed by atoms with van der Waals surface area (Å²) in [4.78, 5) is 10.7. The van der Waals surface area contributed by atoms with Crippen molar-refractivity contribution in [2.75, 3.05) is 25.5 Å². The first-order valence-corrected chi connectivity index (χ1v) is 11.1. The number of nitrogens with zero attached hydrogens (tertiary/aromatic N) is 3. The molecule has 2 heterocycles. The fraction of sp³-hybridized carbons (Fsp3) is 0.333. The van der Waals surface area contributed by atoms with Crippen LogP contribution < -0.4 is 14.8 Å². The van der Waals surface area contributed by atoms with Crippen molar-refractivity contribution in [3.8, 4) is 11.5 Å². The van der Waals surface area contributed by atoms with Crippen LogP contribution in [0.15, 0.2) is 48.9 Å². The molecule has 2 N–H and O–H groups in total. The molecule has 0 bridgehead atoms. The third kappa shape index (κ3) is 5.12. The Labute approximate surface area is 196 Å². The van der Waals surface area contributed by atoms with Gasteiger partial charge in [0.2, 0.25) is 0 Å². The van der Waals surface area contributed by atoms with Gasteiger partial charge >= 0.3 is 0 Å². The average molecular weight is 473 g/mol. The third-order valence-corrected chi connectivity index (χ3v) is 5.96. The van der Waals surface area contributed by atoms with E-state index in [1.165, 1.54) is 12.4 Å². The maximum absolute atomic E-state index is 14.3. The summed E-state index contributed by atoms with van der Waals surface area (Å²) in [7, 11) is 1.57. The maximum Gasteiger partial charge on any atom is 0.163 e. The van der Waals surface area contributed by atoms with E-state index in [-0.39, 0.29) is 11.8 Å². The molecule has 0 radical (unpaired) electrons. The van der Waals surface area contributed by atoms with Crippen LogP contribution in [0.1, 0.15) is 19.8 Å². The van der Waals surface area contributed by atoms with Crippen molar-refractivity contribution in [2.24, 2.45) is 0 Å². The Hall–Kier alpha value is -3.10. The fourth-order valence-corrected chi connectivity index (χ4v) is 4.00. The van der Waals surface area contributed by atoms with Crippen LogP contribution in [0.4, 0.5) is 15.9 Å². The summed E-state index contributed by atoms with van der Waals surface area (Å²) < 4.78 is 26.1. The van der Waals surface area contributed by atoms with Gasteiger partial charge in [0.15, 0.2) is 11.5 Å². The number of benzene rings is 2. The minimum Gasteiger partial charge on any atom is -0.493 e. The minimum absolute atomic E-state index is 0.00278. The Kier molecular flexibility index (Phi) is 6.85. The molecule has 0 unspecified atom stereocenters. The molecule has 4 rings (SSSR count). The van der Waals surface area contributed by atoms with E-state index < -0.39 is 11.9 Å². The maximum atomic E-state index is 14.3. The summed E-state index contributed by atoms with van der Waals surface area (Å²) in [6.07, 6.45) is 2.43. The number of nitrogens with one attached hydrogen (secondary N) is 1. The molecule has 1 aromatic heterocycles. The molecular formula is C24H26ClFN4O3. The lowest BCUT2D eigenvalue weighted by Gasteiger charge is -2.35. The molecule has 7 nitrogen and oxygen atoms in total. The van der Waals surface area contributed by atoms with Gasteiger partial charge < -0.3 is 24.8 Å². The predicted octanol–water partition coefficient (Wildman–Crippen LogP) is 4.91. The van der Waals surface area contributed by atoms with Gasteiger partial charge in [0, 0.05) is 48.1 Å². The normalized spacial score (nSPS) is 15.4. The van der Waals surface area contributed by atoms with Crippen LogP contribution in [-0.2, 0) is 0 Å². The molecule has 1 saturated heterocycles. The van der Waals surface area contributed by atoms with Crippen molar-refractivity contribution in [3.05, 3.63) is 59.8 Å². The molecule has 1 aliphatic heterocycles. The number of piperidine rings is 1. The van der Waals surface area contributed by atoms with Gasteiger partial charge in [-0.15, -0.1) is 0 Å². The summed E-state index contributed by atoms with van der Waals surface area (Å²) in [5.74, 6) is 1.08. The summed E-state index contributed by atoms with van der Waals surface area (Å²) >= 11 is 5.85. The second-order valence-corrected chi connectivity index (χ2v) is 8.40. The molecule has 0 spiro atoms. The third-order valence-electron chi connectivity index (χ3n) is 5.73. The zero-order valence-corrected chi connectivity index (χ0v) is 19.3. The highest BCUT2D eigenvalue weighted by atomic mass is 35.5. The molecule has 2 aromatic carbocycles. The van der Waals surface area contributed by atoms with Crippen molar-refractivity contribution in [1.29, 1.82) is 0 Å². The Morgan fingerprint density at radius 3 is 2.67 bits per heavy atom. The summed E-state index contributed by atoms with van der Waals surface area (Å²) in [6.45, 7) is 7.19. The van der Waals surface area contributed by atoms with Crippen molar-refractivity contribution >= 4 is 34.0 Å². The van der Waals surface area contributed by atoms with E-state index >= 15 is 0 Å². The minimum atomic E-state index is -0.563. The van der Waals surface area contributed by atoms with Crippen LogP contribution >= 0.6 is 11.6 Å². The lowest BCUT2D eigenvalue weighted by atomic mass is 10.1. The summed E-state index contributed by atoms with van der Waals surface area (Å²) in [6, 6.07) is 7.98. The Balaban J connectivity index is 1.55. The number of anilines is 2. The molecule has 1 fully saturated rings. The number of methoxy groups -OCH3 is 1. The topological polar surface area (TPSA) is 79.7 Å². The molecule has 9 heteroatoms. The number of hydrogen-bond donors (Lipinski definition) is 2. The van der Waals surface area contributed by atoms with Crippen LogP contribution in [0.5, 0.6) is 11.5 Å². The van der Waals surface area contributed by atoms with Crippen LogP contribution in [0, 0.1) is 5.82 Å². The molecule has 0 aliphatic carbocycles. The van der Waals surface area contributed by atoms with Gasteiger partial charge in [0.1, 0.15) is 24.1 Å². The van der Waals surface area contributed by atoms with Crippen molar-refractivity contribution < 1.29 is 19.0 Å². The first kappa shape index (κ1) is 23.1. The van der Waals surface area contributed by atoms with Gasteiger partial charge in [0.05, 0.1) is 24.4 Å². The van der Waals surface area contributed by atoms with Crippen LogP contribution in [0.2, 0.25) is 5.02 Å². The van der Waals surface area contributed by atoms with Crippen molar-refractivity contribution in [1.82, 2.24) is 14.9 Å². The molecule has 174 valence electrons. The number of rotatable bonds is 7. The zero-order valence-electron chi connectivity index (χ0n) is 18.5. The van der Waals surface area contributed by atoms with Crippen LogP contribution in [0.25, 0.3) is 10.9 Å². The number of aliphatic hydroxyl groups is 1. The van der Waals surface area contributed by atoms with E-state index in [9.17, 15) is 9.50 Å². The molecule has 33 heavy (non-hydrogen) atoms. The highest BCUT2D eigenvalue weighted by Crippen LogP contribution is 2.36. The van der Waals surface area contributed by atoms with E-state index in [4.69, 9.17) is 21.1 Å². The zero-order chi connectivity index (χ0) is 23.5. The summed E-state index contributed by atoms with van der Waals surface area (Å²) in [5.41, 5.74) is 1.62. The molecule has 1 aliphatic rings. The van der Waals surface area contributed by atoms with Gasteiger partial charge in [-0.05, 0) is 31.2 Å². The number of hydrogen-bond acceptors (Lipinski definition) is 7. The first-order valence-electron chi connectivity index (χ1n) is 10.7. The molecule has 1 atom stereocenters. The predicted molar refractivity (Wildman–Crippen MR) is 127 cm³/mol. The number of ether oxygens (including phenoxy) is 2. The van der Waals surface area contributed by atoms with E-state index in [1.807, 2.05) is 0 Å². The number of aliphatic hydroxyl groups excluding tert-OH is 1. The smallest absolute Gasteiger partial charge is 0.163 e. The number of fused-ring (bicyclic) bond motifs is 1. The first-order chi connectivity index (χ1) is 15.9. The molecule has 3 aromatic rings. The van der Waals surface area contributed by atoms with E-state index in [1.54, 1.807) is 38.3 Å². The second-order valence-electron chi connectivity index (χ2n) is 7.96. The highest BCUT2D eigenvalue weighted by molar-refractivity contribution is 6.30. The van der Waals surface area contributed by atoms with Crippen LogP contribution in [0.3, 0.4) is 0 Å². The Morgan fingerprint density at radius 1 is 1.24 bits per heavy atom. The van der Waals surface area contributed by atoms with Gasteiger partial charge in [-0.3, -0.25) is 0 Å². The van der Waals surface area contributed by atoms with Gasteiger partial charge in [0.25, 0.3) is 0 Å². The van der Waals surface area contributed by atoms with Crippen molar-refractivity contribution in [2.45, 2.75) is 32.0 Å². The second kappa shape index (κ2) is 9.80. The van der Waals surface area contributed by atoms with Gasteiger partial charge in [-0.25, -0.2) is 14.4 Å². The SMILES string of the molecule is C=C([C@@H](C)O)N1CCC(Oc2cc3ncnc(Nc4ccc(Cl)cc4F)c3cc2OC)CC1. The number of halogens is 2. The Morgan fingerprint density at radius 2 is 2.00 bits per heavy atom. The molecule has 0 saturated carbocycles. The summed E-state index contributed by atoms with van der Waals surface area (Å²) in [5, 5.41) is 13.7. The Bertz CT molecular complexity index is 1170. The standard InChI is InChI=1S/C24H26ClFN4O3/c1-14(15(2)31)30-8-6-17(7-9-30)33-23-12-21-18(11-22(23)32-3)24(28-13-27-21)29-20-5-4-16(25)10-19(20)26/h4-5,10-13,15,17,31H,1,6-9H2,2-3H3,(H,27,28,29)/t15-/m1/s1. The number of likely N-dealkylation sites (tertiary alicyclic amines) is 1. The van der Waals surface area contributed by atoms with E-state index in [0.29, 0.717) is 33.2 Å². The fourth-order valence-electron chi connectivity index (χ4n) is 3.84. The van der Waals surface area contributed by atoms with E-state index in [2.05, 4.69) is 26.8 Å². The average Bonchev–Trinajstić information content (AvgIpc) is 2.80. The lowest BCUT2D eigenvalue weighted by molar-refractivity contribution is 0.0958. The monoisotopic (exact) mass is 472 g/mol. The lowest BCUT2D eigenvalue weighted by Crippen LogP contribution is -2.39.